The second kappa shape index (κ2) is 10.7. The van der Waals surface area contributed by atoms with E-state index in [0.29, 0.717) is 12.8 Å². The topological polar surface area (TPSA) is 114 Å². The summed E-state index contributed by atoms with van der Waals surface area (Å²) in [6, 6.07) is 15.9. The van der Waals surface area contributed by atoms with E-state index in [1.54, 1.807) is 0 Å². The van der Waals surface area contributed by atoms with Crippen LogP contribution >= 0.6 is 0 Å². The average molecular weight is 467 g/mol. The maximum atomic E-state index is 12.4. The van der Waals surface area contributed by atoms with Gasteiger partial charge in [0.2, 0.25) is 5.91 Å². The van der Waals surface area contributed by atoms with Crippen LogP contribution in [0.4, 0.5) is 4.79 Å². The zero-order valence-electron chi connectivity index (χ0n) is 19.2. The molecule has 4 rings (SSSR count). The lowest BCUT2D eigenvalue weighted by atomic mass is 9.98. The van der Waals surface area contributed by atoms with E-state index in [-0.39, 0.29) is 50.0 Å². The highest BCUT2D eigenvalue weighted by atomic mass is 16.5. The molecule has 3 atom stereocenters. The number of nitrogens with one attached hydrogen (secondary N) is 2. The summed E-state index contributed by atoms with van der Waals surface area (Å²) in [5.74, 6) is -1.53. The first-order chi connectivity index (χ1) is 16.5. The maximum absolute atomic E-state index is 12.4. The molecule has 1 heterocycles. The maximum Gasteiger partial charge on any atom is 0.407 e. The molecule has 34 heavy (non-hydrogen) atoms. The van der Waals surface area contributed by atoms with Crippen molar-refractivity contribution in [3.05, 3.63) is 59.7 Å². The number of amides is 2. The minimum absolute atomic E-state index is 0.00808. The first-order valence-electron chi connectivity index (χ1n) is 11.7. The van der Waals surface area contributed by atoms with Crippen molar-refractivity contribution in [2.45, 2.75) is 44.2 Å². The Kier molecular flexibility index (Phi) is 7.47. The van der Waals surface area contributed by atoms with Gasteiger partial charge >= 0.3 is 12.1 Å². The quantitative estimate of drug-likeness (QED) is 0.523. The van der Waals surface area contributed by atoms with Gasteiger partial charge in [0.1, 0.15) is 6.61 Å². The van der Waals surface area contributed by atoms with Crippen LogP contribution in [0.2, 0.25) is 0 Å². The Morgan fingerprint density at radius 1 is 1.09 bits per heavy atom. The Morgan fingerprint density at radius 3 is 2.35 bits per heavy atom. The van der Waals surface area contributed by atoms with Gasteiger partial charge in [0.25, 0.3) is 0 Å². The molecule has 2 unspecified atom stereocenters. The van der Waals surface area contributed by atoms with Gasteiger partial charge in [-0.1, -0.05) is 55.5 Å². The number of fused-ring (bicyclic) bond motifs is 3. The molecule has 1 aliphatic heterocycles. The summed E-state index contributed by atoms with van der Waals surface area (Å²) < 4.78 is 11.2. The second-order valence-electron chi connectivity index (χ2n) is 8.81. The summed E-state index contributed by atoms with van der Waals surface area (Å²) in [5, 5.41) is 14.5. The fourth-order valence-electron chi connectivity index (χ4n) is 4.70. The summed E-state index contributed by atoms with van der Waals surface area (Å²) >= 11 is 0. The van der Waals surface area contributed by atoms with E-state index in [4.69, 9.17) is 14.6 Å². The highest BCUT2D eigenvalue weighted by Gasteiger charge is 2.33. The van der Waals surface area contributed by atoms with E-state index in [0.717, 1.165) is 11.1 Å². The third kappa shape index (κ3) is 5.39. The lowest BCUT2D eigenvalue weighted by Gasteiger charge is -2.17. The van der Waals surface area contributed by atoms with E-state index < -0.39 is 18.1 Å². The largest absolute Gasteiger partial charge is 0.481 e. The Hall–Kier alpha value is -3.39. The number of ether oxygens (including phenoxy) is 2. The second-order valence-corrected chi connectivity index (χ2v) is 8.81. The Morgan fingerprint density at radius 2 is 1.74 bits per heavy atom. The van der Waals surface area contributed by atoms with E-state index in [1.807, 2.05) is 31.2 Å². The molecule has 0 bridgehead atoms. The van der Waals surface area contributed by atoms with Crippen LogP contribution < -0.4 is 10.6 Å². The van der Waals surface area contributed by atoms with Gasteiger partial charge < -0.3 is 25.2 Å². The van der Waals surface area contributed by atoms with Gasteiger partial charge in [0, 0.05) is 18.5 Å². The third-order valence-corrected chi connectivity index (χ3v) is 6.53. The summed E-state index contributed by atoms with van der Waals surface area (Å²) in [6.07, 6.45) is 0.0709. The number of hydrogen-bond donors (Lipinski definition) is 3. The standard InChI is InChI=1S/C26H30N2O6/c1-2-17(12-24(29)30)28-25(31)16-11-18(33-14-16)13-27-26(32)34-15-23-21-9-5-3-7-19(21)20-8-4-6-10-22(20)23/h3-10,16-18,23H,2,11-15H2,1H3,(H,27,32)(H,28,31)(H,29,30)/t16?,17-,18?/m1/s1. The van der Waals surface area contributed by atoms with Gasteiger partial charge in [-0.25, -0.2) is 4.79 Å². The first-order valence-corrected chi connectivity index (χ1v) is 11.7. The Bertz CT molecular complexity index is 1010. The molecule has 1 fully saturated rings. The van der Waals surface area contributed by atoms with Crippen molar-refractivity contribution < 1.29 is 29.0 Å². The minimum Gasteiger partial charge on any atom is -0.481 e. The molecule has 2 aromatic rings. The van der Waals surface area contributed by atoms with Crippen LogP contribution in [0.25, 0.3) is 11.1 Å². The van der Waals surface area contributed by atoms with Crippen molar-refractivity contribution in [2.24, 2.45) is 5.92 Å². The molecule has 0 aromatic heterocycles. The number of rotatable bonds is 9. The molecule has 0 spiro atoms. The number of benzene rings is 2. The van der Waals surface area contributed by atoms with Crippen LogP contribution in [0.5, 0.6) is 0 Å². The van der Waals surface area contributed by atoms with Crippen molar-refractivity contribution in [1.82, 2.24) is 10.6 Å². The van der Waals surface area contributed by atoms with Crippen molar-refractivity contribution in [3.63, 3.8) is 0 Å². The number of alkyl carbamates (subject to hydrolysis) is 1. The number of carboxylic acids is 1. The predicted molar refractivity (Wildman–Crippen MR) is 125 cm³/mol. The summed E-state index contributed by atoms with van der Waals surface area (Å²) in [6.45, 7) is 2.55. The van der Waals surface area contributed by atoms with Crippen molar-refractivity contribution in [2.75, 3.05) is 19.8 Å². The molecular weight excluding hydrogens is 436 g/mol. The fraction of sp³-hybridized carbons (Fsp3) is 0.423. The molecule has 8 nitrogen and oxygen atoms in total. The molecule has 0 saturated carbocycles. The summed E-state index contributed by atoms with van der Waals surface area (Å²) in [7, 11) is 0. The number of carbonyl (C=O) groups excluding carboxylic acids is 2. The monoisotopic (exact) mass is 466 g/mol. The molecule has 2 amide bonds. The number of hydrogen-bond acceptors (Lipinski definition) is 5. The molecule has 2 aromatic carbocycles. The average Bonchev–Trinajstić information content (AvgIpc) is 3.44. The fourth-order valence-corrected chi connectivity index (χ4v) is 4.70. The SMILES string of the molecule is CC[C@H](CC(=O)O)NC(=O)C1COC(CNC(=O)OCC2c3ccccc3-c3ccccc32)C1. The molecule has 0 radical (unpaired) electrons. The summed E-state index contributed by atoms with van der Waals surface area (Å²) in [5.41, 5.74) is 4.64. The van der Waals surface area contributed by atoms with Crippen molar-refractivity contribution in [3.8, 4) is 11.1 Å². The molecule has 2 aliphatic rings. The highest BCUT2D eigenvalue weighted by molar-refractivity contribution is 5.80. The van der Waals surface area contributed by atoms with Crippen LogP contribution in [0.3, 0.4) is 0 Å². The number of carbonyl (C=O) groups is 3. The van der Waals surface area contributed by atoms with Gasteiger partial charge in [-0.3, -0.25) is 9.59 Å². The van der Waals surface area contributed by atoms with Gasteiger partial charge in [-0.15, -0.1) is 0 Å². The van der Waals surface area contributed by atoms with Crippen LogP contribution in [0.1, 0.15) is 43.2 Å². The van der Waals surface area contributed by atoms with Gasteiger partial charge in [0.05, 0.1) is 25.0 Å². The van der Waals surface area contributed by atoms with E-state index >= 15 is 0 Å². The predicted octanol–water partition coefficient (Wildman–Crippen LogP) is 3.30. The molecule has 180 valence electrons. The first kappa shape index (κ1) is 23.8. The van der Waals surface area contributed by atoms with E-state index in [1.165, 1.54) is 11.1 Å². The Balaban J connectivity index is 1.23. The molecule has 1 saturated heterocycles. The third-order valence-electron chi connectivity index (χ3n) is 6.53. The lowest BCUT2D eigenvalue weighted by molar-refractivity contribution is -0.137. The van der Waals surface area contributed by atoms with Crippen molar-refractivity contribution in [1.29, 1.82) is 0 Å². The zero-order valence-corrected chi connectivity index (χ0v) is 19.2. The number of carboxylic acid groups (broad SMARTS) is 1. The van der Waals surface area contributed by atoms with Gasteiger partial charge in [-0.2, -0.15) is 0 Å². The lowest BCUT2D eigenvalue weighted by Crippen LogP contribution is -2.40. The van der Waals surface area contributed by atoms with Crippen LogP contribution in [0, 0.1) is 5.92 Å². The van der Waals surface area contributed by atoms with E-state index in [2.05, 4.69) is 34.9 Å². The highest BCUT2D eigenvalue weighted by Crippen LogP contribution is 2.44. The Labute approximate surface area is 198 Å². The van der Waals surface area contributed by atoms with E-state index in [9.17, 15) is 14.4 Å². The van der Waals surface area contributed by atoms with Crippen LogP contribution in [-0.2, 0) is 19.1 Å². The van der Waals surface area contributed by atoms with Crippen LogP contribution in [0.15, 0.2) is 48.5 Å². The number of aliphatic carboxylic acids is 1. The van der Waals surface area contributed by atoms with Gasteiger partial charge in [0.15, 0.2) is 0 Å². The molecule has 3 N–H and O–H groups in total. The molecular formula is C26H30N2O6. The van der Waals surface area contributed by atoms with Gasteiger partial charge in [-0.05, 0) is 35.1 Å². The summed E-state index contributed by atoms with van der Waals surface area (Å²) in [4.78, 5) is 35.7. The van der Waals surface area contributed by atoms with Crippen LogP contribution in [-0.4, -0.2) is 55.0 Å². The minimum atomic E-state index is -0.944. The zero-order chi connectivity index (χ0) is 24.1. The molecule has 8 heteroatoms. The normalized spacial score (nSPS) is 19.7. The van der Waals surface area contributed by atoms with Crippen molar-refractivity contribution >= 4 is 18.0 Å². The molecule has 1 aliphatic carbocycles. The smallest absolute Gasteiger partial charge is 0.407 e.